The summed E-state index contributed by atoms with van der Waals surface area (Å²) in [6, 6.07) is 7.59. The molecule has 0 spiro atoms. The molecule has 0 bridgehead atoms. The van der Waals surface area contributed by atoms with Crippen LogP contribution in [0.3, 0.4) is 0 Å². The van der Waals surface area contributed by atoms with Crippen LogP contribution in [0.2, 0.25) is 0 Å². The molecule has 0 saturated carbocycles. The van der Waals surface area contributed by atoms with E-state index in [9.17, 15) is 4.79 Å². The maximum Gasteiger partial charge on any atom is 0.228 e. The summed E-state index contributed by atoms with van der Waals surface area (Å²) in [5.41, 5.74) is 1.32. The summed E-state index contributed by atoms with van der Waals surface area (Å²) in [6.45, 7) is 7.37. The Morgan fingerprint density at radius 3 is 2.00 bits per heavy atom. The van der Waals surface area contributed by atoms with Gasteiger partial charge in [0.05, 0.1) is 0 Å². The van der Waals surface area contributed by atoms with Gasteiger partial charge in [-0.15, -0.1) is 0 Å². The van der Waals surface area contributed by atoms with Crippen molar-refractivity contribution in [1.82, 2.24) is 5.32 Å². The number of halogens is 3. The molecule has 0 heterocycles. The third-order valence-corrected chi connectivity index (χ3v) is 3.30. The van der Waals surface area contributed by atoms with Crippen molar-refractivity contribution in [1.29, 1.82) is 0 Å². The van der Waals surface area contributed by atoms with E-state index >= 15 is 0 Å². The summed E-state index contributed by atoms with van der Waals surface area (Å²) in [6.07, 6.45) is -0.818. The minimum atomic E-state index is -1.66. The van der Waals surface area contributed by atoms with Crippen LogP contribution in [0.1, 0.15) is 26.3 Å². The van der Waals surface area contributed by atoms with Crippen molar-refractivity contribution < 1.29 is 4.79 Å². The minimum absolute atomic E-state index is 0.201. The van der Waals surface area contributed by atoms with E-state index in [1.165, 1.54) is 0 Å². The summed E-state index contributed by atoms with van der Waals surface area (Å²) in [5, 5.41) is 5.74. The standard InChI is InChI=1S/C14H19Cl3N2O/c1-9-5-7-10(8-6-9)18-11(14(15,16)17)19-12(20)13(2,3)4/h5-8,11,18H,1-4H3,(H,19,20)/t11-/m1/s1. The largest absolute Gasteiger partial charge is 0.362 e. The topological polar surface area (TPSA) is 41.1 Å². The van der Waals surface area contributed by atoms with Crippen LogP contribution in [0.4, 0.5) is 5.69 Å². The molecular weight excluding hydrogens is 319 g/mol. The van der Waals surface area contributed by atoms with Gasteiger partial charge in [-0.1, -0.05) is 73.3 Å². The number of anilines is 1. The quantitative estimate of drug-likeness (QED) is 0.639. The van der Waals surface area contributed by atoms with Gasteiger partial charge >= 0.3 is 0 Å². The fourth-order valence-corrected chi connectivity index (χ4v) is 1.69. The molecule has 112 valence electrons. The second-order valence-electron chi connectivity index (χ2n) is 5.71. The number of nitrogens with one attached hydrogen (secondary N) is 2. The monoisotopic (exact) mass is 336 g/mol. The van der Waals surface area contributed by atoms with Gasteiger partial charge in [0.15, 0.2) is 0 Å². The van der Waals surface area contributed by atoms with Gasteiger partial charge in [0.2, 0.25) is 9.70 Å². The van der Waals surface area contributed by atoms with Gasteiger partial charge < -0.3 is 10.6 Å². The Hall–Kier alpha value is -0.640. The van der Waals surface area contributed by atoms with Crippen LogP contribution < -0.4 is 10.6 Å². The molecule has 0 aliphatic heterocycles. The number of carbonyl (C=O) groups is 1. The minimum Gasteiger partial charge on any atom is -0.362 e. The highest BCUT2D eigenvalue weighted by Gasteiger charge is 2.36. The second kappa shape index (κ2) is 6.42. The molecule has 1 amide bonds. The summed E-state index contributed by atoms with van der Waals surface area (Å²) in [7, 11) is 0. The number of hydrogen-bond acceptors (Lipinski definition) is 2. The number of amides is 1. The van der Waals surface area contributed by atoms with E-state index in [1.54, 1.807) is 20.8 Å². The number of benzene rings is 1. The lowest BCUT2D eigenvalue weighted by Gasteiger charge is -2.30. The Balaban J connectivity index is 2.86. The van der Waals surface area contributed by atoms with Gasteiger partial charge in [-0.2, -0.15) is 0 Å². The number of alkyl halides is 3. The normalized spacial score (nSPS) is 13.8. The maximum atomic E-state index is 12.0. The molecule has 1 aromatic rings. The molecule has 3 nitrogen and oxygen atoms in total. The first-order valence-electron chi connectivity index (χ1n) is 6.21. The van der Waals surface area contributed by atoms with Crippen LogP contribution in [0.15, 0.2) is 24.3 Å². The third kappa shape index (κ3) is 5.39. The third-order valence-electron chi connectivity index (χ3n) is 2.65. The Morgan fingerprint density at radius 1 is 1.10 bits per heavy atom. The highest BCUT2D eigenvalue weighted by atomic mass is 35.6. The Kier molecular flexibility index (Phi) is 5.59. The van der Waals surface area contributed by atoms with Gasteiger partial charge in [0.1, 0.15) is 6.17 Å². The molecule has 0 radical (unpaired) electrons. The SMILES string of the molecule is Cc1ccc(N[C@H](NC(=O)C(C)(C)C)C(Cl)(Cl)Cl)cc1. The van der Waals surface area contributed by atoms with E-state index < -0.39 is 15.4 Å². The van der Waals surface area contributed by atoms with E-state index in [0.29, 0.717) is 0 Å². The molecule has 0 unspecified atom stereocenters. The van der Waals surface area contributed by atoms with E-state index in [2.05, 4.69) is 10.6 Å². The molecule has 2 N–H and O–H groups in total. The number of aryl methyl sites for hydroxylation is 1. The second-order valence-corrected chi connectivity index (χ2v) is 8.08. The zero-order valence-electron chi connectivity index (χ0n) is 11.9. The summed E-state index contributed by atoms with van der Waals surface area (Å²) >= 11 is 17.8. The smallest absolute Gasteiger partial charge is 0.228 e. The van der Waals surface area contributed by atoms with Gasteiger partial charge in [-0.25, -0.2) is 0 Å². The molecule has 1 atom stereocenters. The zero-order chi connectivity index (χ0) is 15.6. The fraction of sp³-hybridized carbons (Fsp3) is 0.500. The first-order valence-corrected chi connectivity index (χ1v) is 7.34. The van der Waals surface area contributed by atoms with E-state index in [0.717, 1.165) is 11.3 Å². The van der Waals surface area contributed by atoms with Crippen LogP contribution >= 0.6 is 34.8 Å². The molecule has 6 heteroatoms. The van der Waals surface area contributed by atoms with Crippen LogP contribution in [0.25, 0.3) is 0 Å². The van der Waals surface area contributed by atoms with Crippen molar-refractivity contribution in [2.75, 3.05) is 5.32 Å². The van der Waals surface area contributed by atoms with Crippen molar-refractivity contribution in [3.8, 4) is 0 Å². The lowest BCUT2D eigenvalue weighted by Crippen LogP contribution is -2.52. The first kappa shape index (κ1) is 17.4. The predicted octanol–water partition coefficient (Wildman–Crippen LogP) is 4.27. The lowest BCUT2D eigenvalue weighted by atomic mass is 9.95. The average Bonchev–Trinajstić information content (AvgIpc) is 2.28. The Labute approximate surface area is 135 Å². The molecule has 1 rings (SSSR count). The summed E-state index contributed by atoms with van der Waals surface area (Å²) in [4.78, 5) is 12.0. The molecule has 0 fully saturated rings. The van der Waals surface area contributed by atoms with E-state index in [1.807, 2.05) is 31.2 Å². The molecule has 0 aromatic heterocycles. The highest BCUT2D eigenvalue weighted by molar-refractivity contribution is 6.68. The molecule has 20 heavy (non-hydrogen) atoms. The molecular formula is C14H19Cl3N2O. The predicted molar refractivity (Wildman–Crippen MR) is 86.5 cm³/mol. The van der Waals surface area contributed by atoms with Gasteiger partial charge in [0, 0.05) is 11.1 Å². The number of rotatable bonds is 3. The number of carbonyl (C=O) groups excluding carboxylic acids is 1. The van der Waals surface area contributed by atoms with Crippen LogP contribution in [0.5, 0.6) is 0 Å². The first-order chi connectivity index (χ1) is 9.00. The van der Waals surface area contributed by atoms with E-state index in [4.69, 9.17) is 34.8 Å². The Bertz CT molecular complexity index is 461. The van der Waals surface area contributed by atoms with Crippen LogP contribution in [0, 0.1) is 12.3 Å². The molecule has 0 aliphatic rings. The van der Waals surface area contributed by atoms with Crippen molar-refractivity contribution >= 4 is 46.4 Å². The lowest BCUT2D eigenvalue weighted by molar-refractivity contribution is -0.129. The fourth-order valence-electron chi connectivity index (χ4n) is 1.36. The molecule has 1 aromatic carbocycles. The Morgan fingerprint density at radius 2 is 1.60 bits per heavy atom. The highest BCUT2D eigenvalue weighted by Crippen LogP contribution is 2.31. The van der Waals surface area contributed by atoms with E-state index in [-0.39, 0.29) is 5.91 Å². The van der Waals surface area contributed by atoms with Gasteiger partial charge in [0.25, 0.3) is 0 Å². The van der Waals surface area contributed by atoms with Crippen molar-refractivity contribution in [2.45, 2.75) is 37.7 Å². The summed E-state index contributed by atoms with van der Waals surface area (Å²) in [5.74, 6) is -0.201. The molecule has 0 saturated heterocycles. The van der Waals surface area contributed by atoms with Crippen molar-refractivity contribution in [2.24, 2.45) is 5.41 Å². The molecule has 0 aliphatic carbocycles. The van der Waals surface area contributed by atoms with Gasteiger partial charge in [-0.3, -0.25) is 4.79 Å². The average molecular weight is 338 g/mol. The zero-order valence-corrected chi connectivity index (χ0v) is 14.2. The summed E-state index contributed by atoms with van der Waals surface area (Å²) < 4.78 is -1.66. The van der Waals surface area contributed by atoms with Gasteiger partial charge in [-0.05, 0) is 19.1 Å². The van der Waals surface area contributed by atoms with Crippen LogP contribution in [-0.4, -0.2) is 15.9 Å². The number of hydrogen-bond donors (Lipinski definition) is 2. The van der Waals surface area contributed by atoms with Crippen molar-refractivity contribution in [3.63, 3.8) is 0 Å². The van der Waals surface area contributed by atoms with Crippen molar-refractivity contribution in [3.05, 3.63) is 29.8 Å². The maximum absolute atomic E-state index is 12.0. The van der Waals surface area contributed by atoms with Crippen LogP contribution in [-0.2, 0) is 4.79 Å².